The average Bonchev–Trinajstić information content (AvgIpc) is 3.52. The molecular formula is C24H32N8. The summed E-state index contributed by atoms with van der Waals surface area (Å²) < 4.78 is 1.94. The maximum absolute atomic E-state index is 4.64. The Hall–Kier alpha value is -3.42. The minimum atomic E-state index is 0.555. The van der Waals surface area contributed by atoms with Gasteiger partial charge >= 0.3 is 0 Å². The molecular weight excluding hydrogens is 400 g/mol. The first kappa shape index (κ1) is 23.2. The number of rotatable bonds is 9. The van der Waals surface area contributed by atoms with Crippen molar-refractivity contribution < 1.29 is 0 Å². The number of unbranched alkanes of at least 4 members (excludes halogenated alkanes) is 3. The van der Waals surface area contributed by atoms with Crippen molar-refractivity contribution in [1.29, 1.82) is 0 Å². The average molecular weight is 433 g/mol. The summed E-state index contributed by atoms with van der Waals surface area (Å²) in [5.74, 6) is 1.57. The number of aromatic nitrogens is 8. The SMILES string of the molecule is CCCCC.CCCCc1ncnn1Cc1ccc(-c2ccccc2-c2nn[nH]n2)nc1. The molecule has 168 valence electrons. The van der Waals surface area contributed by atoms with Crippen LogP contribution in [0.1, 0.15) is 64.3 Å². The van der Waals surface area contributed by atoms with E-state index in [2.05, 4.69) is 62.5 Å². The summed E-state index contributed by atoms with van der Waals surface area (Å²) >= 11 is 0. The number of hydrogen-bond donors (Lipinski definition) is 1. The van der Waals surface area contributed by atoms with Gasteiger partial charge < -0.3 is 0 Å². The van der Waals surface area contributed by atoms with Crippen molar-refractivity contribution in [2.45, 2.75) is 65.8 Å². The van der Waals surface area contributed by atoms with Crippen LogP contribution in [0.4, 0.5) is 0 Å². The Morgan fingerprint density at radius 2 is 1.66 bits per heavy atom. The number of aryl methyl sites for hydroxylation is 1. The van der Waals surface area contributed by atoms with Crippen molar-refractivity contribution in [2.24, 2.45) is 0 Å². The van der Waals surface area contributed by atoms with Gasteiger partial charge in [0, 0.05) is 23.7 Å². The van der Waals surface area contributed by atoms with E-state index >= 15 is 0 Å². The van der Waals surface area contributed by atoms with Crippen LogP contribution < -0.4 is 0 Å². The van der Waals surface area contributed by atoms with Crippen LogP contribution in [-0.4, -0.2) is 40.4 Å². The lowest BCUT2D eigenvalue weighted by atomic mass is 10.0. The second kappa shape index (κ2) is 12.4. The largest absolute Gasteiger partial charge is 0.256 e. The Morgan fingerprint density at radius 3 is 2.28 bits per heavy atom. The highest BCUT2D eigenvalue weighted by Crippen LogP contribution is 2.28. The highest BCUT2D eigenvalue weighted by atomic mass is 15.5. The summed E-state index contributed by atoms with van der Waals surface area (Å²) in [5.41, 5.74) is 3.81. The first-order valence-electron chi connectivity index (χ1n) is 11.4. The number of nitrogens with zero attached hydrogens (tertiary/aromatic N) is 7. The van der Waals surface area contributed by atoms with Crippen LogP contribution in [0.5, 0.6) is 0 Å². The van der Waals surface area contributed by atoms with Crippen LogP contribution in [0.2, 0.25) is 0 Å². The molecule has 0 aliphatic carbocycles. The summed E-state index contributed by atoms with van der Waals surface area (Å²) in [6.07, 6.45) is 10.8. The second-order valence-electron chi connectivity index (χ2n) is 7.62. The molecule has 0 aliphatic heterocycles. The molecule has 1 N–H and O–H groups in total. The smallest absolute Gasteiger partial charge is 0.205 e. The quantitative estimate of drug-likeness (QED) is 0.395. The van der Waals surface area contributed by atoms with Crippen molar-refractivity contribution in [3.63, 3.8) is 0 Å². The van der Waals surface area contributed by atoms with E-state index < -0.39 is 0 Å². The minimum Gasteiger partial charge on any atom is -0.256 e. The highest BCUT2D eigenvalue weighted by molar-refractivity contribution is 5.78. The van der Waals surface area contributed by atoms with Gasteiger partial charge in [-0.1, -0.05) is 76.8 Å². The summed E-state index contributed by atoms with van der Waals surface area (Å²) in [6, 6.07) is 12.0. The van der Waals surface area contributed by atoms with Crippen molar-refractivity contribution in [1.82, 2.24) is 40.4 Å². The van der Waals surface area contributed by atoms with Gasteiger partial charge in [-0.2, -0.15) is 10.3 Å². The van der Waals surface area contributed by atoms with Crippen LogP contribution in [0, 0.1) is 0 Å². The summed E-state index contributed by atoms with van der Waals surface area (Å²) in [7, 11) is 0. The Labute approximate surface area is 189 Å². The zero-order chi connectivity index (χ0) is 22.6. The van der Waals surface area contributed by atoms with Gasteiger partial charge in [0.1, 0.15) is 12.2 Å². The van der Waals surface area contributed by atoms with Crippen LogP contribution in [0.15, 0.2) is 48.9 Å². The van der Waals surface area contributed by atoms with Crippen LogP contribution in [-0.2, 0) is 13.0 Å². The fourth-order valence-electron chi connectivity index (χ4n) is 3.33. The van der Waals surface area contributed by atoms with E-state index in [0.717, 1.165) is 47.5 Å². The van der Waals surface area contributed by atoms with E-state index in [0.29, 0.717) is 12.4 Å². The molecule has 0 saturated heterocycles. The van der Waals surface area contributed by atoms with Crippen molar-refractivity contribution in [3.8, 4) is 22.6 Å². The number of benzene rings is 1. The van der Waals surface area contributed by atoms with Crippen molar-refractivity contribution >= 4 is 0 Å². The van der Waals surface area contributed by atoms with Gasteiger partial charge in [-0.15, -0.1) is 10.2 Å². The molecule has 0 aliphatic rings. The van der Waals surface area contributed by atoms with E-state index in [1.807, 2.05) is 41.2 Å². The summed E-state index contributed by atoms with van der Waals surface area (Å²) in [6.45, 7) is 7.27. The Morgan fingerprint density at radius 1 is 0.875 bits per heavy atom. The van der Waals surface area contributed by atoms with Crippen LogP contribution in [0.3, 0.4) is 0 Å². The molecule has 1 aromatic carbocycles. The Kier molecular flexibility index (Phi) is 9.04. The maximum Gasteiger partial charge on any atom is 0.205 e. The van der Waals surface area contributed by atoms with Gasteiger partial charge in [-0.3, -0.25) is 4.98 Å². The summed E-state index contributed by atoms with van der Waals surface area (Å²) in [5, 5.41) is 18.6. The monoisotopic (exact) mass is 432 g/mol. The molecule has 0 saturated carbocycles. The van der Waals surface area contributed by atoms with Crippen molar-refractivity contribution in [3.05, 3.63) is 60.3 Å². The number of pyridine rings is 1. The molecule has 0 amide bonds. The third-order valence-corrected chi connectivity index (χ3v) is 5.10. The van der Waals surface area contributed by atoms with Gasteiger partial charge in [0.15, 0.2) is 0 Å². The van der Waals surface area contributed by atoms with E-state index in [1.165, 1.54) is 19.3 Å². The van der Waals surface area contributed by atoms with E-state index in [-0.39, 0.29) is 0 Å². The first-order valence-corrected chi connectivity index (χ1v) is 11.4. The molecule has 8 nitrogen and oxygen atoms in total. The molecule has 0 spiro atoms. The third-order valence-electron chi connectivity index (χ3n) is 5.10. The number of tetrazole rings is 1. The Bertz CT molecular complexity index is 1040. The molecule has 0 atom stereocenters. The van der Waals surface area contributed by atoms with Crippen LogP contribution >= 0.6 is 0 Å². The fourth-order valence-corrected chi connectivity index (χ4v) is 3.33. The summed E-state index contributed by atoms with van der Waals surface area (Å²) in [4.78, 5) is 9.01. The normalized spacial score (nSPS) is 10.6. The number of nitrogens with one attached hydrogen (secondary N) is 1. The molecule has 32 heavy (non-hydrogen) atoms. The lowest BCUT2D eigenvalue weighted by Gasteiger charge is -2.08. The lowest BCUT2D eigenvalue weighted by molar-refractivity contribution is 0.617. The predicted molar refractivity (Wildman–Crippen MR) is 126 cm³/mol. The van der Waals surface area contributed by atoms with Gasteiger partial charge in [0.25, 0.3) is 0 Å². The molecule has 0 fully saturated rings. The molecule has 4 rings (SSSR count). The number of aromatic amines is 1. The Balaban J connectivity index is 0.000000523. The zero-order valence-corrected chi connectivity index (χ0v) is 19.2. The molecule has 3 aromatic heterocycles. The highest BCUT2D eigenvalue weighted by Gasteiger charge is 2.12. The molecule has 0 unspecified atom stereocenters. The van der Waals surface area contributed by atoms with Crippen LogP contribution in [0.25, 0.3) is 22.6 Å². The topological polar surface area (TPSA) is 98.1 Å². The standard InChI is InChI=1S/C19H20N8.C5H12/c1-2-3-8-18-21-13-22-27(18)12-14-9-10-17(20-11-14)15-6-4-5-7-16(15)19-23-25-26-24-19;1-3-5-4-2/h4-7,9-11,13H,2-3,8,12H2,1H3,(H,23,24,25,26);3-5H2,1-2H3. The second-order valence-corrected chi connectivity index (χ2v) is 7.62. The zero-order valence-electron chi connectivity index (χ0n) is 19.2. The minimum absolute atomic E-state index is 0.555. The molecule has 0 radical (unpaired) electrons. The van der Waals surface area contributed by atoms with E-state index in [1.54, 1.807) is 6.33 Å². The number of H-pyrrole nitrogens is 1. The van der Waals surface area contributed by atoms with Gasteiger partial charge in [0.2, 0.25) is 5.82 Å². The maximum atomic E-state index is 4.64. The van der Waals surface area contributed by atoms with E-state index in [9.17, 15) is 0 Å². The molecule has 0 bridgehead atoms. The predicted octanol–water partition coefficient (Wildman–Crippen LogP) is 5.11. The fraction of sp³-hybridized carbons (Fsp3) is 0.417. The van der Waals surface area contributed by atoms with Gasteiger partial charge in [-0.25, -0.2) is 9.67 Å². The molecule has 3 heterocycles. The third kappa shape index (κ3) is 6.29. The van der Waals surface area contributed by atoms with Crippen molar-refractivity contribution in [2.75, 3.05) is 0 Å². The molecule has 8 heteroatoms. The van der Waals surface area contributed by atoms with E-state index in [4.69, 9.17) is 0 Å². The lowest BCUT2D eigenvalue weighted by Crippen LogP contribution is -2.07. The number of hydrogen-bond acceptors (Lipinski definition) is 6. The van der Waals surface area contributed by atoms with Gasteiger partial charge in [0.05, 0.1) is 12.2 Å². The first-order chi connectivity index (χ1) is 15.8. The molecule has 4 aromatic rings. The van der Waals surface area contributed by atoms with Gasteiger partial charge in [-0.05, 0) is 23.3 Å².